The number of nitrogens with two attached hydrogens (primary N) is 1. The molecule has 1 amide bonds. The number of rotatable bonds is 9. The van der Waals surface area contributed by atoms with Gasteiger partial charge in [-0.05, 0) is 19.3 Å². The average Bonchev–Trinajstić information content (AvgIpc) is 3.08. The summed E-state index contributed by atoms with van der Waals surface area (Å²) in [5.41, 5.74) is 5.49. The second kappa shape index (κ2) is 7.61. The summed E-state index contributed by atoms with van der Waals surface area (Å²) in [5.74, 6) is 0.119. The first-order valence-electron chi connectivity index (χ1n) is 6.42. The largest absolute Gasteiger partial charge is 0.393 e. The fourth-order valence-corrected chi connectivity index (χ4v) is 1.82. The number of unbranched alkanes of at least 4 members (excludes halogenated alkanes) is 1. The molecule has 1 aliphatic rings. The molecule has 0 bridgehead atoms. The monoisotopic (exact) mass is 257 g/mol. The van der Waals surface area contributed by atoms with E-state index in [1.165, 1.54) is 12.8 Å². The minimum Gasteiger partial charge on any atom is -0.393 e. The van der Waals surface area contributed by atoms with Gasteiger partial charge in [0.2, 0.25) is 5.91 Å². The van der Waals surface area contributed by atoms with Gasteiger partial charge in [-0.1, -0.05) is 25.6 Å². The van der Waals surface area contributed by atoms with Crippen molar-refractivity contribution in [1.82, 2.24) is 10.2 Å². The third kappa shape index (κ3) is 6.58. The van der Waals surface area contributed by atoms with E-state index in [0.29, 0.717) is 24.0 Å². The van der Waals surface area contributed by atoms with Gasteiger partial charge in [0.1, 0.15) is 0 Å². The molecule has 0 aromatic carbocycles. The Morgan fingerprint density at radius 2 is 2.24 bits per heavy atom. The zero-order valence-electron chi connectivity index (χ0n) is 10.6. The predicted octanol–water partition coefficient (Wildman–Crippen LogP) is 1.04. The summed E-state index contributed by atoms with van der Waals surface area (Å²) in [4.78, 5) is 14.4. The van der Waals surface area contributed by atoms with Crippen LogP contribution in [0.4, 0.5) is 0 Å². The molecule has 0 atom stereocenters. The molecule has 0 aromatic heterocycles. The first-order valence-corrected chi connectivity index (χ1v) is 6.83. The Bertz CT molecular complexity index is 266. The van der Waals surface area contributed by atoms with Crippen LogP contribution in [0, 0.1) is 0 Å². The number of hydrogen-bond acceptors (Lipinski definition) is 3. The van der Waals surface area contributed by atoms with Gasteiger partial charge in [-0.2, -0.15) is 0 Å². The minimum atomic E-state index is 0.119. The summed E-state index contributed by atoms with van der Waals surface area (Å²) in [7, 11) is 0. The lowest BCUT2D eigenvalue weighted by atomic mass is 10.3. The maximum atomic E-state index is 11.7. The van der Waals surface area contributed by atoms with Crippen LogP contribution in [0.5, 0.6) is 0 Å². The summed E-state index contributed by atoms with van der Waals surface area (Å²) in [6, 6.07) is 0.571. The number of hydrogen-bond donors (Lipinski definition) is 2. The van der Waals surface area contributed by atoms with Gasteiger partial charge < -0.3 is 11.1 Å². The fraction of sp³-hybridized carbons (Fsp3) is 0.833. The highest BCUT2D eigenvalue weighted by Crippen LogP contribution is 2.26. The molecule has 3 N–H and O–H groups in total. The maximum absolute atomic E-state index is 11.7. The van der Waals surface area contributed by atoms with E-state index in [0.717, 1.165) is 25.9 Å². The summed E-state index contributed by atoms with van der Waals surface area (Å²) >= 11 is 4.87. The lowest BCUT2D eigenvalue weighted by Crippen LogP contribution is -2.40. The van der Waals surface area contributed by atoms with Crippen LogP contribution in [0.15, 0.2) is 0 Å². The zero-order chi connectivity index (χ0) is 12.7. The van der Waals surface area contributed by atoms with Gasteiger partial charge >= 0.3 is 0 Å². The van der Waals surface area contributed by atoms with Crippen molar-refractivity contribution < 1.29 is 4.79 Å². The van der Waals surface area contributed by atoms with Crippen molar-refractivity contribution in [1.29, 1.82) is 0 Å². The Labute approximate surface area is 109 Å². The topological polar surface area (TPSA) is 58.4 Å². The van der Waals surface area contributed by atoms with Crippen LogP contribution in [0.2, 0.25) is 0 Å². The maximum Gasteiger partial charge on any atom is 0.234 e. The SMILES string of the molecule is CCCCNC(=O)CN(CCC(N)=S)C1CC1. The Balaban J connectivity index is 2.23. The average molecular weight is 257 g/mol. The van der Waals surface area contributed by atoms with Crippen molar-refractivity contribution in [2.75, 3.05) is 19.6 Å². The van der Waals surface area contributed by atoms with Gasteiger partial charge in [-0.15, -0.1) is 0 Å². The van der Waals surface area contributed by atoms with Gasteiger partial charge in [0.05, 0.1) is 11.5 Å². The highest BCUT2D eigenvalue weighted by molar-refractivity contribution is 7.80. The van der Waals surface area contributed by atoms with Crippen LogP contribution in [-0.2, 0) is 4.79 Å². The van der Waals surface area contributed by atoms with Crippen LogP contribution >= 0.6 is 12.2 Å². The van der Waals surface area contributed by atoms with E-state index < -0.39 is 0 Å². The van der Waals surface area contributed by atoms with Crippen LogP contribution in [0.3, 0.4) is 0 Å². The molecule has 0 unspecified atom stereocenters. The third-order valence-electron chi connectivity index (χ3n) is 2.91. The highest BCUT2D eigenvalue weighted by Gasteiger charge is 2.29. The molecule has 0 aliphatic heterocycles. The van der Waals surface area contributed by atoms with Crippen molar-refractivity contribution in [3.63, 3.8) is 0 Å². The number of amides is 1. The van der Waals surface area contributed by atoms with E-state index in [9.17, 15) is 4.79 Å². The zero-order valence-corrected chi connectivity index (χ0v) is 11.4. The number of nitrogens with zero attached hydrogens (tertiary/aromatic N) is 1. The van der Waals surface area contributed by atoms with E-state index in [4.69, 9.17) is 18.0 Å². The molecule has 0 saturated heterocycles. The number of carbonyl (C=O) groups is 1. The molecular formula is C12H23N3OS. The molecule has 4 nitrogen and oxygen atoms in total. The fourth-order valence-electron chi connectivity index (χ4n) is 1.73. The number of thiocarbonyl (C=S) groups is 1. The van der Waals surface area contributed by atoms with Gasteiger partial charge in [0, 0.05) is 25.6 Å². The first kappa shape index (κ1) is 14.4. The Kier molecular flexibility index (Phi) is 6.44. The van der Waals surface area contributed by atoms with Crippen molar-refractivity contribution in [2.24, 2.45) is 5.73 Å². The van der Waals surface area contributed by atoms with Crippen LogP contribution in [-0.4, -0.2) is 41.5 Å². The van der Waals surface area contributed by atoms with Gasteiger partial charge in [0.15, 0.2) is 0 Å². The van der Waals surface area contributed by atoms with Gasteiger partial charge in [-0.25, -0.2) is 0 Å². The summed E-state index contributed by atoms with van der Waals surface area (Å²) in [6.07, 6.45) is 5.24. The molecule has 17 heavy (non-hydrogen) atoms. The predicted molar refractivity (Wildman–Crippen MR) is 73.9 cm³/mol. The minimum absolute atomic E-state index is 0.119. The molecule has 0 radical (unpaired) electrons. The molecule has 5 heteroatoms. The standard InChI is InChI=1S/C12H23N3OS/c1-2-3-7-14-12(16)9-15(10-4-5-10)8-6-11(13)17/h10H,2-9H2,1H3,(H2,13,17)(H,14,16). The van der Waals surface area contributed by atoms with Crippen LogP contribution in [0.1, 0.15) is 39.0 Å². The highest BCUT2D eigenvalue weighted by atomic mass is 32.1. The molecule has 1 aliphatic carbocycles. The number of nitrogens with one attached hydrogen (secondary N) is 1. The van der Waals surface area contributed by atoms with E-state index >= 15 is 0 Å². The number of carbonyl (C=O) groups excluding carboxylic acids is 1. The molecule has 0 spiro atoms. The molecule has 1 fully saturated rings. The molecule has 0 aromatic rings. The second-order valence-electron chi connectivity index (χ2n) is 4.62. The summed E-state index contributed by atoms with van der Waals surface area (Å²) in [5, 5.41) is 2.94. The third-order valence-corrected chi connectivity index (χ3v) is 3.11. The first-order chi connectivity index (χ1) is 8.13. The lowest BCUT2D eigenvalue weighted by Gasteiger charge is -2.20. The van der Waals surface area contributed by atoms with Crippen molar-refractivity contribution in [2.45, 2.75) is 45.1 Å². The Morgan fingerprint density at radius 3 is 2.76 bits per heavy atom. The van der Waals surface area contributed by atoms with E-state index in [1.807, 2.05) is 0 Å². The van der Waals surface area contributed by atoms with E-state index in [1.54, 1.807) is 0 Å². The summed E-state index contributed by atoms with van der Waals surface area (Å²) in [6.45, 7) is 4.19. The van der Waals surface area contributed by atoms with Crippen LogP contribution in [0.25, 0.3) is 0 Å². The van der Waals surface area contributed by atoms with Crippen molar-refractivity contribution in [3.8, 4) is 0 Å². The van der Waals surface area contributed by atoms with Crippen LogP contribution < -0.4 is 11.1 Å². The normalized spacial score (nSPS) is 14.9. The Hall–Kier alpha value is -0.680. The lowest BCUT2D eigenvalue weighted by molar-refractivity contribution is -0.122. The molecule has 98 valence electrons. The smallest absolute Gasteiger partial charge is 0.234 e. The molecule has 0 heterocycles. The molecule has 1 saturated carbocycles. The quantitative estimate of drug-likeness (QED) is 0.479. The van der Waals surface area contributed by atoms with Crippen molar-refractivity contribution in [3.05, 3.63) is 0 Å². The summed E-state index contributed by atoms with van der Waals surface area (Å²) < 4.78 is 0. The Morgan fingerprint density at radius 1 is 1.53 bits per heavy atom. The molecule has 1 rings (SSSR count). The van der Waals surface area contributed by atoms with Gasteiger partial charge in [-0.3, -0.25) is 9.69 Å². The van der Waals surface area contributed by atoms with Gasteiger partial charge in [0.25, 0.3) is 0 Å². The van der Waals surface area contributed by atoms with E-state index in [2.05, 4.69) is 17.1 Å². The molecular weight excluding hydrogens is 234 g/mol. The van der Waals surface area contributed by atoms with E-state index in [-0.39, 0.29) is 5.91 Å². The second-order valence-corrected chi connectivity index (χ2v) is 5.15. The van der Waals surface area contributed by atoms with Crippen molar-refractivity contribution >= 4 is 23.1 Å².